The predicted octanol–water partition coefficient (Wildman–Crippen LogP) is 0.900. The van der Waals surface area contributed by atoms with E-state index < -0.39 is 0 Å². The molecule has 0 atom stereocenters. The summed E-state index contributed by atoms with van der Waals surface area (Å²) in [5, 5.41) is 8.86. The van der Waals surface area contributed by atoms with Gasteiger partial charge in [0.05, 0.1) is 12.2 Å². The minimum absolute atomic E-state index is 0.507. The third kappa shape index (κ3) is 1.72. The van der Waals surface area contributed by atoms with Crippen LogP contribution >= 0.6 is 11.6 Å². The Balaban J connectivity index is 2.18. The normalized spacial score (nSPS) is 10.7. The molecule has 0 aromatic carbocycles. The standard InChI is InChI=1S/C8H10ClN5/c1-13-7(9)4-6(11-13)5-14-3-2-8(10)12-14/h2-4H,5H2,1H3,(H2,10,12). The van der Waals surface area contributed by atoms with Crippen LogP contribution in [0.15, 0.2) is 18.3 Å². The first-order valence-corrected chi connectivity index (χ1v) is 4.50. The zero-order valence-corrected chi connectivity index (χ0v) is 8.44. The Kier molecular flexibility index (Phi) is 2.17. The zero-order chi connectivity index (χ0) is 10.1. The van der Waals surface area contributed by atoms with Crippen LogP contribution < -0.4 is 5.73 Å². The third-order valence-corrected chi connectivity index (χ3v) is 2.21. The van der Waals surface area contributed by atoms with Crippen molar-refractivity contribution in [2.24, 2.45) is 7.05 Å². The lowest BCUT2D eigenvalue weighted by atomic mass is 10.4. The Bertz CT molecular complexity index is 425. The van der Waals surface area contributed by atoms with Crippen molar-refractivity contribution in [1.29, 1.82) is 0 Å². The number of halogens is 1. The molecule has 2 N–H and O–H groups in total. The summed E-state index contributed by atoms with van der Waals surface area (Å²) in [6.07, 6.45) is 1.80. The van der Waals surface area contributed by atoms with Crippen molar-refractivity contribution in [3.63, 3.8) is 0 Å². The van der Waals surface area contributed by atoms with Crippen LogP contribution in [0.2, 0.25) is 5.15 Å². The minimum Gasteiger partial charge on any atom is -0.382 e. The quantitative estimate of drug-likeness (QED) is 0.803. The van der Waals surface area contributed by atoms with Gasteiger partial charge in [-0.15, -0.1) is 0 Å². The van der Waals surface area contributed by atoms with E-state index >= 15 is 0 Å². The number of nitrogens with zero attached hydrogens (tertiary/aromatic N) is 4. The summed E-state index contributed by atoms with van der Waals surface area (Å²) in [7, 11) is 1.79. The Labute approximate surface area is 86.1 Å². The van der Waals surface area contributed by atoms with E-state index in [4.69, 9.17) is 17.3 Å². The number of hydrogen-bond acceptors (Lipinski definition) is 3. The van der Waals surface area contributed by atoms with Crippen LogP contribution in [0.4, 0.5) is 5.82 Å². The fraction of sp³-hybridized carbons (Fsp3) is 0.250. The van der Waals surface area contributed by atoms with Gasteiger partial charge < -0.3 is 5.73 Å². The molecule has 0 saturated heterocycles. The molecule has 0 unspecified atom stereocenters. The number of hydrogen-bond donors (Lipinski definition) is 1. The second kappa shape index (κ2) is 3.34. The van der Waals surface area contributed by atoms with Gasteiger partial charge in [0.25, 0.3) is 0 Å². The molecule has 2 aromatic rings. The Hall–Kier alpha value is -1.49. The average Bonchev–Trinajstić information content (AvgIpc) is 2.62. The van der Waals surface area contributed by atoms with Crippen LogP contribution in [0.25, 0.3) is 0 Å². The maximum atomic E-state index is 5.85. The van der Waals surface area contributed by atoms with Crippen LogP contribution in [-0.2, 0) is 13.6 Å². The molecular weight excluding hydrogens is 202 g/mol. The lowest BCUT2D eigenvalue weighted by molar-refractivity contribution is 0.652. The summed E-state index contributed by atoms with van der Waals surface area (Å²) in [4.78, 5) is 0. The van der Waals surface area contributed by atoms with Gasteiger partial charge in [0.2, 0.25) is 0 Å². The second-order valence-corrected chi connectivity index (χ2v) is 3.41. The molecular formula is C8H10ClN5. The summed E-state index contributed by atoms with van der Waals surface area (Å²) >= 11 is 5.85. The topological polar surface area (TPSA) is 61.7 Å². The highest BCUT2D eigenvalue weighted by Crippen LogP contribution is 2.10. The van der Waals surface area contributed by atoms with Crippen LogP contribution in [0.3, 0.4) is 0 Å². The predicted molar refractivity (Wildman–Crippen MR) is 54.0 cm³/mol. The first kappa shape index (κ1) is 9.08. The van der Waals surface area contributed by atoms with Gasteiger partial charge in [-0.25, -0.2) is 0 Å². The molecule has 2 rings (SSSR count). The monoisotopic (exact) mass is 211 g/mol. The fourth-order valence-electron chi connectivity index (χ4n) is 1.21. The highest BCUT2D eigenvalue weighted by molar-refractivity contribution is 6.29. The Morgan fingerprint density at radius 3 is 2.79 bits per heavy atom. The van der Waals surface area contributed by atoms with E-state index in [2.05, 4.69) is 10.2 Å². The van der Waals surface area contributed by atoms with Crippen LogP contribution in [-0.4, -0.2) is 19.6 Å². The summed E-state index contributed by atoms with van der Waals surface area (Å²) in [5.41, 5.74) is 6.35. The largest absolute Gasteiger partial charge is 0.382 e. The molecule has 0 bridgehead atoms. The van der Waals surface area contributed by atoms with Crippen molar-refractivity contribution in [1.82, 2.24) is 19.6 Å². The number of anilines is 1. The van der Waals surface area contributed by atoms with Gasteiger partial charge >= 0.3 is 0 Å². The molecule has 0 fully saturated rings. The molecule has 2 heterocycles. The molecule has 0 aliphatic carbocycles. The van der Waals surface area contributed by atoms with Gasteiger partial charge in [0, 0.05) is 19.3 Å². The Morgan fingerprint density at radius 2 is 2.29 bits per heavy atom. The van der Waals surface area contributed by atoms with E-state index in [0.29, 0.717) is 17.5 Å². The van der Waals surface area contributed by atoms with E-state index in [9.17, 15) is 0 Å². The first-order valence-electron chi connectivity index (χ1n) is 4.12. The zero-order valence-electron chi connectivity index (χ0n) is 7.68. The molecule has 6 heteroatoms. The molecule has 0 aliphatic rings. The number of aromatic nitrogens is 4. The molecule has 0 amide bonds. The Morgan fingerprint density at radius 1 is 1.50 bits per heavy atom. The van der Waals surface area contributed by atoms with Gasteiger partial charge in [0.1, 0.15) is 11.0 Å². The van der Waals surface area contributed by atoms with Crippen molar-refractivity contribution in [2.75, 3.05) is 5.73 Å². The van der Waals surface area contributed by atoms with E-state index in [-0.39, 0.29) is 0 Å². The minimum atomic E-state index is 0.507. The summed E-state index contributed by atoms with van der Waals surface area (Å²) in [6, 6.07) is 3.55. The van der Waals surface area contributed by atoms with Crippen molar-refractivity contribution < 1.29 is 0 Å². The van der Waals surface area contributed by atoms with Gasteiger partial charge in [0.15, 0.2) is 0 Å². The molecule has 0 radical (unpaired) electrons. The summed E-state index contributed by atoms with van der Waals surface area (Å²) in [5.74, 6) is 0.507. The number of rotatable bonds is 2. The number of nitrogen functional groups attached to an aromatic ring is 1. The molecule has 0 saturated carbocycles. The van der Waals surface area contributed by atoms with Gasteiger partial charge in [-0.2, -0.15) is 10.2 Å². The van der Waals surface area contributed by atoms with Crippen molar-refractivity contribution in [2.45, 2.75) is 6.54 Å². The SMILES string of the molecule is Cn1nc(Cn2ccc(N)n2)cc1Cl. The lowest BCUT2D eigenvalue weighted by Gasteiger charge is -1.95. The van der Waals surface area contributed by atoms with Gasteiger partial charge in [-0.1, -0.05) is 11.6 Å². The van der Waals surface area contributed by atoms with Gasteiger partial charge in [-0.05, 0) is 6.07 Å². The molecule has 74 valence electrons. The van der Waals surface area contributed by atoms with Gasteiger partial charge in [-0.3, -0.25) is 9.36 Å². The highest BCUT2D eigenvalue weighted by atomic mass is 35.5. The summed E-state index contributed by atoms with van der Waals surface area (Å²) < 4.78 is 3.33. The lowest BCUT2D eigenvalue weighted by Crippen LogP contribution is -2.02. The molecule has 14 heavy (non-hydrogen) atoms. The summed E-state index contributed by atoms with van der Waals surface area (Å²) in [6.45, 7) is 0.581. The molecule has 2 aromatic heterocycles. The van der Waals surface area contributed by atoms with E-state index in [0.717, 1.165) is 5.69 Å². The molecule has 0 aliphatic heterocycles. The average molecular weight is 212 g/mol. The van der Waals surface area contributed by atoms with Crippen LogP contribution in [0.5, 0.6) is 0 Å². The van der Waals surface area contributed by atoms with E-state index in [1.54, 1.807) is 34.7 Å². The van der Waals surface area contributed by atoms with E-state index in [1.807, 2.05) is 0 Å². The van der Waals surface area contributed by atoms with Crippen molar-refractivity contribution in [3.05, 3.63) is 29.2 Å². The van der Waals surface area contributed by atoms with Crippen molar-refractivity contribution in [3.8, 4) is 0 Å². The first-order chi connectivity index (χ1) is 6.65. The number of nitrogens with two attached hydrogens (primary N) is 1. The van der Waals surface area contributed by atoms with Crippen molar-refractivity contribution >= 4 is 17.4 Å². The highest BCUT2D eigenvalue weighted by Gasteiger charge is 2.03. The van der Waals surface area contributed by atoms with Crippen LogP contribution in [0, 0.1) is 0 Å². The molecule has 0 spiro atoms. The number of aryl methyl sites for hydroxylation is 1. The third-order valence-electron chi connectivity index (χ3n) is 1.86. The van der Waals surface area contributed by atoms with Crippen LogP contribution in [0.1, 0.15) is 5.69 Å². The smallest absolute Gasteiger partial charge is 0.145 e. The maximum Gasteiger partial charge on any atom is 0.145 e. The van der Waals surface area contributed by atoms with E-state index in [1.165, 1.54) is 0 Å². The second-order valence-electron chi connectivity index (χ2n) is 3.02. The maximum absolute atomic E-state index is 5.85. The fourth-order valence-corrected chi connectivity index (χ4v) is 1.37. The molecule has 5 nitrogen and oxygen atoms in total.